The van der Waals surface area contributed by atoms with E-state index in [1.54, 1.807) is 0 Å². The standard InChI is InChI=1S/C30H22N2/c1-30(2)24-17-14-19-9-3-4-10-20(19)27(24)23-16-15-22-21-11-5-6-12-25(21)32(29(22)28(23)30)26-13-7-8-18-31-26/h3-18H,1-2H3. The number of pyridine rings is 1. The molecule has 2 heterocycles. The zero-order valence-electron chi connectivity index (χ0n) is 18.1. The number of fused-ring (bicyclic) bond motifs is 9. The van der Waals surface area contributed by atoms with Crippen LogP contribution in [0.3, 0.4) is 0 Å². The molecule has 1 aliphatic carbocycles. The fourth-order valence-corrected chi connectivity index (χ4v) is 5.84. The van der Waals surface area contributed by atoms with Crippen LogP contribution in [0.1, 0.15) is 25.0 Å². The Labute approximate surface area is 186 Å². The summed E-state index contributed by atoms with van der Waals surface area (Å²) < 4.78 is 2.36. The Morgan fingerprint density at radius 2 is 1.47 bits per heavy atom. The maximum atomic E-state index is 4.76. The van der Waals surface area contributed by atoms with Crippen molar-refractivity contribution in [1.29, 1.82) is 0 Å². The summed E-state index contributed by atoms with van der Waals surface area (Å²) in [6.07, 6.45) is 1.88. The van der Waals surface area contributed by atoms with E-state index in [2.05, 4.69) is 103 Å². The van der Waals surface area contributed by atoms with Crippen molar-refractivity contribution in [2.45, 2.75) is 19.3 Å². The molecule has 2 heteroatoms. The second-order valence-corrected chi connectivity index (χ2v) is 9.26. The van der Waals surface area contributed by atoms with E-state index in [1.807, 2.05) is 12.3 Å². The van der Waals surface area contributed by atoms with Crippen molar-refractivity contribution < 1.29 is 0 Å². The van der Waals surface area contributed by atoms with Crippen LogP contribution in [0.2, 0.25) is 0 Å². The van der Waals surface area contributed by atoms with Crippen molar-refractivity contribution in [2.75, 3.05) is 0 Å². The SMILES string of the molecule is CC1(C)c2ccc3ccccc3c2-c2ccc3c4ccccc4n(-c4ccccn4)c3c21. The van der Waals surface area contributed by atoms with Gasteiger partial charge in [-0.25, -0.2) is 4.98 Å². The van der Waals surface area contributed by atoms with Crippen LogP contribution in [-0.2, 0) is 5.41 Å². The molecule has 0 atom stereocenters. The minimum atomic E-state index is -0.116. The molecule has 152 valence electrons. The summed E-state index contributed by atoms with van der Waals surface area (Å²) in [5.74, 6) is 0.962. The molecular weight excluding hydrogens is 388 g/mol. The molecule has 1 aliphatic rings. The molecule has 4 aromatic carbocycles. The van der Waals surface area contributed by atoms with E-state index in [1.165, 1.54) is 54.8 Å². The van der Waals surface area contributed by atoms with Crippen LogP contribution in [0.5, 0.6) is 0 Å². The molecule has 0 fully saturated rings. The minimum absolute atomic E-state index is 0.116. The number of para-hydroxylation sites is 1. The minimum Gasteiger partial charge on any atom is -0.293 e. The molecule has 0 N–H and O–H groups in total. The average Bonchev–Trinajstić information content (AvgIpc) is 3.29. The lowest BCUT2D eigenvalue weighted by molar-refractivity contribution is 0.664. The number of hydrogen-bond donors (Lipinski definition) is 0. The highest BCUT2D eigenvalue weighted by Crippen LogP contribution is 2.54. The van der Waals surface area contributed by atoms with Gasteiger partial charge in [-0.2, -0.15) is 0 Å². The van der Waals surface area contributed by atoms with E-state index in [0.29, 0.717) is 0 Å². The molecule has 32 heavy (non-hydrogen) atoms. The van der Waals surface area contributed by atoms with Crippen molar-refractivity contribution in [1.82, 2.24) is 9.55 Å². The van der Waals surface area contributed by atoms with Crippen molar-refractivity contribution >= 4 is 32.6 Å². The zero-order chi connectivity index (χ0) is 21.4. The van der Waals surface area contributed by atoms with Crippen molar-refractivity contribution in [3.63, 3.8) is 0 Å². The van der Waals surface area contributed by atoms with Crippen LogP contribution in [0, 0.1) is 0 Å². The summed E-state index contributed by atoms with van der Waals surface area (Å²) >= 11 is 0. The lowest BCUT2D eigenvalue weighted by atomic mass is 9.81. The Balaban J connectivity index is 1.72. The van der Waals surface area contributed by atoms with Crippen LogP contribution in [0.25, 0.3) is 49.5 Å². The first kappa shape index (κ1) is 17.7. The first-order chi connectivity index (χ1) is 15.7. The summed E-state index contributed by atoms with van der Waals surface area (Å²) in [5, 5.41) is 5.18. The van der Waals surface area contributed by atoms with Gasteiger partial charge in [-0.15, -0.1) is 0 Å². The molecule has 0 unspecified atom stereocenters. The van der Waals surface area contributed by atoms with Gasteiger partial charge >= 0.3 is 0 Å². The molecule has 2 aromatic heterocycles. The van der Waals surface area contributed by atoms with Gasteiger partial charge in [-0.3, -0.25) is 4.57 Å². The Kier molecular flexibility index (Phi) is 3.37. The summed E-state index contributed by atoms with van der Waals surface area (Å²) in [6, 6.07) is 32.8. The average molecular weight is 411 g/mol. The molecule has 0 amide bonds. The largest absolute Gasteiger partial charge is 0.293 e. The maximum absolute atomic E-state index is 4.76. The molecule has 6 aromatic rings. The third kappa shape index (κ3) is 2.12. The second-order valence-electron chi connectivity index (χ2n) is 9.26. The van der Waals surface area contributed by atoms with E-state index in [0.717, 1.165) is 5.82 Å². The highest BCUT2D eigenvalue weighted by Gasteiger charge is 2.39. The predicted octanol–water partition coefficient (Wildman–Crippen LogP) is 7.64. The monoisotopic (exact) mass is 410 g/mol. The van der Waals surface area contributed by atoms with Gasteiger partial charge in [0.05, 0.1) is 11.0 Å². The number of hydrogen-bond acceptors (Lipinski definition) is 1. The van der Waals surface area contributed by atoms with Gasteiger partial charge in [0.1, 0.15) is 5.82 Å². The van der Waals surface area contributed by atoms with Gasteiger partial charge in [-0.05, 0) is 51.2 Å². The highest BCUT2D eigenvalue weighted by atomic mass is 15.1. The topological polar surface area (TPSA) is 17.8 Å². The third-order valence-electron chi connectivity index (χ3n) is 7.21. The molecule has 7 rings (SSSR count). The van der Waals surface area contributed by atoms with Gasteiger partial charge in [-0.1, -0.05) is 86.6 Å². The van der Waals surface area contributed by atoms with Gasteiger partial charge in [0.2, 0.25) is 0 Å². The van der Waals surface area contributed by atoms with Crippen LogP contribution >= 0.6 is 0 Å². The normalized spacial score (nSPS) is 14.2. The molecule has 0 bridgehead atoms. The van der Waals surface area contributed by atoms with Crippen LogP contribution in [0.15, 0.2) is 97.2 Å². The Morgan fingerprint density at radius 3 is 2.31 bits per heavy atom. The fourth-order valence-electron chi connectivity index (χ4n) is 5.84. The van der Waals surface area contributed by atoms with E-state index in [-0.39, 0.29) is 5.41 Å². The lowest BCUT2D eigenvalue weighted by Crippen LogP contribution is -2.16. The Bertz CT molecular complexity index is 1690. The van der Waals surface area contributed by atoms with Crippen molar-refractivity contribution in [3.8, 4) is 16.9 Å². The zero-order valence-corrected chi connectivity index (χ0v) is 18.1. The van der Waals surface area contributed by atoms with Gasteiger partial charge < -0.3 is 0 Å². The van der Waals surface area contributed by atoms with E-state index in [4.69, 9.17) is 4.98 Å². The van der Waals surface area contributed by atoms with Gasteiger partial charge in [0.25, 0.3) is 0 Å². The number of aromatic nitrogens is 2. The van der Waals surface area contributed by atoms with Crippen molar-refractivity contribution in [2.24, 2.45) is 0 Å². The first-order valence-corrected chi connectivity index (χ1v) is 11.2. The van der Waals surface area contributed by atoms with Gasteiger partial charge in [0.15, 0.2) is 0 Å². The molecular formula is C30H22N2. The summed E-state index contributed by atoms with van der Waals surface area (Å²) in [6.45, 7) is 4.73. The molecule has 0 spiro atoms. The Hall–Kier alpha value is -3.91. The van der Waals surface area contributed by atoms with Crippen LogP contribution < -0.4 is 0 Å². The molecule has 0 radical (unpaired) electrons. The predicted molar refractivity (Wildman–Crippen MR) is 134 cm³/mol. The fraction of sp³-hybridized carbons (Fsp3) is 0.100. The van der Waals surface area contributed by atoms with Crippen molar-refractivity contribution in [3.05, 3.63) is 108 Å². The van der Waals surface area contributed by atoms with E-state index >= 15 is 0 Å². The maximum Gasteiger partial charge on any atom is 0.137 e. The number of benzene rings is 4. The first-order valence-electron chi connectivity index (χ1n) is 11.2. The molecule has 0 aliphatic heterocycles. The smallest absolute Gasteiger partial charge is 0.137 e. The van der Waals surface area contributed by atoms with E-state index in [9.17, 15) is 0 Å². The second kappa shape index (κ2) is 6.08. The lowest BCUT2D eigenvalue weighted by Gasteiger charge is -2.23. The van der Waals surface area contributed by atoms with Crippen LogP contribution in [0.4, 0.5) is 0 Å². The summed E-state index contributed by atoms with van der Waals surface area (Å²) in [5.41, 5.74) is 7.87. The molecule has 0 saturated carbocycles. The molecule has 2 nitrogen and oxygen atoms in total. The quantitative estimate of drug-likeness (QED) is 0.272. The summed E-state index contributed by atoms with van der Waals surface area (Å²) in [7, 11) is 0. The highest BCUT2D eigenvalue weighted by molar-refractivity contribution is 6.14. The van der Waals surface area contributed by atoms with Gasteiger partial charge in [0, 0.05) is 22.4 Å². The third-order valence-corrected chi connectivity index (χ3v) is 7.21. The van der Waals surface area contributed by atoms with Crippen LogP contribution in [-0.4, -0.2) is 9.55 Å². The summed E-state index contributed by atoms with van der Waals surface area (Å²) in [4.78, 5) is 4.76. The number of nitrogens with zero attached hydrogens (tertiary/aromatic N) is 2. The van der Waals surface area contributed by atoms with E-state index < -0.39 is 0 Å². The Morgan fingerprint density at radius 1 is 0.688 bits per heavy atom. The number of rotatable bonds is 1. The molecule has 0 saturated heterocycles.